The summed E-state index contributed by atoms with van der Waals surface area (Å²) in [5.74, 6) is 0.120. The number of carbonyl (C=O) groups excluding carboxylic acids is 1. The Bertz CT molecular complexity index is 542. The number of amides is 1. The molecule has 0 radical (unpaired) electrons. The Morgan fingerprint density at radius 1 is 1.14 bits per heavy atom. The smallest absolute Gasteiger partial charge is 0.224 e. The van der Waals surface area contributed by atoms with Gasteiger partial charge in [0.15, 0.2) is 0 Å². The van der Waals surface area contributed by atoms with Gasteiger partial charge in [0.1, 0.15) is 0 Å². The van der Waals surface area contributed by atoms with Crippen LogP contribution < -0.4 is 10.2 Å². The highest BCUT2D eigenvalue weighted by atomic mass is 16.1. The number of aryl methyl sites for hydroxylation is 2. The number of piperidine rings is 1. The number of anilines is 2. The van der Waals surface area contributed by atoms with E-state index in [1.807, 2.05) is 6.92 Å². The molecule has 1 heterocycles. The van der Waals surface area contributed by atoms with Crippen molar-refractivity contribution in [3.63, 3.8) is 0 Å². The molecular weight excluding hydrogens is 272 g/mol. The molecule has 1 aromatic rings. The zero-order valence-electron chi connectivity index (χ0n) is 14.2. The van der Waals surface area contributed by atoms with Crippen molar-refractivity contribution in [3.8, 4) is 0 Å². The number of rotatable bonds is 4. The fourth-order valence-corrected chi connectivity index (χ4v) is 3.67. The SMILES string of the molecule is CCCC(=O)Nc1c(C)cc(N2CCC3(CC2)CC3)cc1C. The Balaban J connectivity index is 1.72. The molecule has 2 aliphatic rings. The minimum atomic E-state index is 0.120. The average Bonchev–Trinajstić information content (AvgIpc) is 3.23. The Labute approximate surface area is 134 Å². The Morgan fingerprint density at radius 2 is 1.73 bits per heavy atom. The molecule has 0 aromatic heterocycles. The largest absolute Gasteiger partial charge is 0.371 e. The second-order valence-electron chi connectivity index (χ2n) is 7.24. The Kier molecular flexibility index (Phi) is 4.16. The topological polar surface area (TPSA) is 32.3 Å². The van der Waals surface area contributed by atoms with Gasteiger partial charge >= 0.3 is 0 Å². The van der Waals surface area contributed by atoms with Gasteiger partial charge in [0.2, 0.25) is 5.91 Å². The lowest BCUT2D eigenvalue weighted by atomic mass is 9.93. The first-order valence-corrected chi connectivity index (χ1v) is 8.69. The minimum absolute atomic E-state index is 0.120. The van der Waals surface area contributed by atoms with Crippen LogP contribution in [0.3, 0.4) is 0 Å². The summed E-state index contributed by atoms with van der Waals surface area (Å²) in [5, 5.41) is 3.08. The van der Waals surface area contributed by atoms with E-state index in [1.54, 1.807) is 0 Å². The van der Waals surface area contributed by atoms with Crippen LogP contribution in [0.1, 0.15) is 56.6 Å². The highest BCUT2D eigenvalue weighted by molar-refractivity contribution is 5.92. The molecule has 1 aliphatic carbocycles. The van der Waals surface area contributed by atoms with Crippen molar-refractivity contribution in [2.24, 2.45) is 5.41 Å². The van der Waals surface area contributed by atoms with Crippen LogP contribution >= 0.6 is 0 Å². The molecule has 1 spiro atoms. The van der Waals surface area contributed by atoms with E-state index in [4.69, 9.17) is 0 Å². The van der Waals surface area contributed by atoms with Crippen LogP contribution in [0.25, 0.3) is 0 Å². The molecule has 1 aliphatic heterocycles. The van der Waals surface area contributed by atoms with Crippen molar-refractivity contribution >= 4 is 17.3 Å². The van der Waals surface area contributed by atoms with E-state index in [1.165, 1.54) is 55.6 Å². The zero-order valence-corrected chi connectivity index (χ0v) is 14.2. The van der Waals surface area contributed by atoms with Crippen LogP contribution in [0.2, 0.25) is 0 Å². The van der Waals surface area contributed by atoms with E-state index < -0.39 is 0 Å². The molecule has 1 aromatic carbocycles. The summed E-state index contributed by atoms with van der Waals surface area (Å²) >= 11 is 0. The molecule has 1 saturated heterocycles. The molecule has 3 heteroatoms. The molecular formula is C19H28N2O. The highest BCUT2D eigenvalue weighted by Gasteiger charge is 2.44. The maximum Gasteiger partial charge on any atom is 0.224 e. The van der Waals surface area contributed by atoms with Crippen LogP contribution in [-0.2, 0) is 4.79 Å². The monoisotopic (exact) mass is 300 g/mol. The van der Waals surface area contributed by atoms with E-state index in [9.17, 15) is 4.79 Å². The molecule has 120 valence electrons. The fourth-order valence-electron chi connectivity index (χ4n) is 3.67. The first-order valence-electron chi connectivity index (χ1n) is 8.69. The summed E-state index contributed by atoms with van der Waals surface area (Å²) in [6, 6.07) is 4.47. The third kappa shape index (κ3) is 3.13. The van der Waals surface area contributed by atoms with Crippen molar-refractivity contribution in [3.05, 3.63) is 23.3 Å². The number of hydrogen-bond acceptors (Lipinski definition) is 2. The van der Waals surface area contributed by atoms with E-state index in [0.717, 1.165) is 12.1 Å². The predicted molar refractivity (Wildman–Crippen MR) is 92.6 cm³/mol. The minimum Gasteiger partial charge on any atom is -0.371 e. The van der Waals surface area contributed by atoms with Crippen LogP contribution in [0.15, 0.2) is 12.1 Å². The Hall–Kier alpha value is -1.51. The van der Waals surface area contributed by atoms with Crippen molar-refractivity contribution < 1.29 is 4.79 Å². The van der Waals surface area contributed by atoms with E-state index in [2.05, 4.69) is 36.2 Å². The summed E-state index contributed by atoms with van der Waals surface area (Å²) in [6.45, 7) is 8.60. The first kappa shape index (κ1) is 15.4. The standard InChI is InChI=1S/C19H28N2O/c1-4-5-17(22)20-18-14(2)12-16(13-15(18)3)21-10-8-19(6-7-19)9-11-21/h12-13H,4-11H2,1-3H3,(H,20,22). The Morgan fingerprint density at radius 3 is 2.23 bits per heavy atom. The summed E-state index contributed by atoms with van der Waals surface area (Å²) < 4.78 is 0. The lowest BCUT2D eigenvalue weighted by Crippen LogP contribution is -2.34. The summed E-state index contributed by atoms with van der Waals surface area (Å²) in [6.07, 6.45) is 7.06. The van der Waals surface area contributed by atoms with Gasteiger partial charge in [0, 0.05) is 30.9 Å². The maximum absolute atomic E-state index is 11.9. The second kappa shape index (κ2) is 5.94. The average molecular weight is 300 g/mol. The van der Waals surface area contributed by atoms with Gasteiger partial charge in [-0.15, -0.1) is 0 Å². The third-order valence-corrected chi connectivity index (χ3v) is 5.41. The lowest BCUT2D eigenvalue weighted by molar-refractivity contribution is -0.116. The van der Waals surface area contributed by atoms with Crippen LogP contribution in [0.5, 0.6) is 0 Å². The second-order valence-corrected chi connectivity index (χ2v) is 7.24. The van der Waals surface area contributed by atoms with E-state index >= 15 is 0 Å². The van der Waals surface area contributed by atoms with Gasteiger partial charge in [-0.1, -0.05) is 6.92 Å². The van der Waals surface area contributed by atoms with Crippen molar-refractivity contribution in [1.29, 1.82) is 0 Å². The molecule has 1 saturated carbocycles. The fraction of sp³-hybridized carbons (Fsp3) is 0.632. The quantitative estimate of drug-likeness (QED) is 0.892. The molecule has 22 heavy (non-hydrogen) atoms. The van der Waals surface area contributed by atoms with E-state index in [0.29, 0.717) is 11.8 Å². The maximum atomic E-state index is 11.9. The number of nitrogens with zero attached hydrogens (tertiary/aromatic N) is 1. The van der Waals surface area contributed by atoms with Gasteiger partial charge in [0.25, 0.3) is 0 Å². The van der Waals surface area contributed by atoms with Gasteiger partial charge in [-0.3, -0.25) is 4.79 Å². The summed E-state index contributed by atoms with van der Waals surface area (Å²) in [4.78, 5) is 14.4. The molecule has 3 rings (SSSR count). The first-order chi connectivity index (χ1) is 10.5. The summed E-state index contributed by atoms with van der Waals surface area (Å²) in [7, 11) is 0. The molecule has 2 fully saturated rings. The number of hydrogen-bond donors (Lipinski definition) is 1. The van der Waals surface area contributed by atoms with Gasteiger partial charge in [-0.05, 0) is 74.6 Å². The highest BCUT2D eigenvalue weighted by Crippen LogP contribution is 2.54. The zero-order chi connectivity index (χ0) is 15.7. The lowest BCUT2D eigenvalue weighted by Gasteiger charge is -2.34. The third-order valence-electron chi connectivity index (χ3n) is 5.41. The van der Waals surface area contributed by atoms with Crippen molar-refractivity contribution in [1.82, 2.24) is 0 Å². The molecule has 0 bridgehead atoms. The normalized spacial score (nSPS) is 19.3. The van der Waals surface area contributed by atoms with Crippen molar-refractivity contribution in [2.45, 2.75) is 59.3 Å². The van der Waals surface area contributed by atoms with Gasteiger partial charge in [0.05, 0.1) is 0 Å². The number of nitrogens with one attached hydrogen (secondary N) is 1. The van der Waals surface area contributed by atoms with Crippen molar-refractivity contribution in [2.75, 3.05) is 23.3 Å². The molecule has 0 unspecified atom stereocenters. The van der Waals surface area contributed by atoms with E-state index in [-0.39, 0.29) is 5.91 Å². The van der Waals surface area contributed by atoms with Crippen LogP contribution in [-0.4, -0.2) is 19.0 Å². The van der Waals surface area contributed by atoms with Gasteiger partial charge in [-0.25, -0.2) is 0 Å². The van der Waals surface area contributed by atoms with Gasteiger partial charge in [-0.2, -0.15) is 0 Å². The number of carbonyl (C=O) groups is 1. The molecule has 0 atom stereocenters. The molecule has 1 amide bonds. The predicted octanol–water partition coefficient (Wildman–Crippen LogP) is 4.42. The molecule has 3 nitrogen and oxygen atoms in total. The molecule has 1 N–H and O–H groups in total. The van der Waals surface area contributed by atoms with Crippen LogP contribution in [0.4, 0.5) is 11.4 Å². The number of benzene rings is 1. The van der Waals surface area contributed by atoms with Crippen LogP contribution in [0, 0.1) is 19.3 Å². The summed E-state index contributed by atoms with van der Waals surface area (Å²) in [5.41, 5.74) is 5.38. The van der Waals surface area contributed by atoms with Gasteiger partial charge < -0.3 is 10.2 Å².